The van der Waals surface area contributed by atoms with E-state index >= 15 is 0 Å². The molecule has 1 aliphatic rings. The Bertz CT molecular complexity index is 1170. The van der Waals surface area contributed by atoms with Gasteiger partial charge in [0.05, 0.1) is 17.3 Å². The molecule has 2 heterocycles. The molecular weight excluding hydrogens is 318 g/mol. The second kappa shape index (κ2) is 5.78. The minimum absolute atomic E-state index is 0.825. The molecule has 26 heavy (non-hydrogen) atoms. The van der Waals surface area contributed by atoms with Crippen LogP contribution in [0.5, 0.6) is 5.75 Å². The largest absolute Gasteiger partial charge is 0.464 e. The number of benzene rings is 3. The van der Waals surface area contributed by atoms with Crippen LogP contribution in [0.2, 0.25) is 0 Å². The number of allylic oxidation sites excluding steroid dienone is 4. The van der Waals surface area contributed by atoms with Crippen molar-refractivity contribution < 1.29 is 4.74 Å². The number of para-hydroxylation sites is 3. The summed E-state index contributed by atoms with van der Waals surface area (Å²) in [6, 6.07) is 24.9. The molecule has 0 unspecified atom stereocenters. The van der Waals surface area contributed by atoms with Crippen molar-refractivity contribution in [2.24, 2.45) is 0 Å². The number of ether oxygens (including phenoxy) is 1. The smallest absolute Gasteiger partial charge is 0.134 e. The summed E-state index contributed by atoms with van der Waals surface area (Å²) in [4.78, 5) is 0. The number of aromatic nitrogens is 1. The number of rotatable bonds is 1. The summed E-state index contributed by atoms with van der Waals surface area (Å²) >= 11 is 0. The van der Waals surface area contributed by atoms with Gasteiger partial charge in [-0.3, -0.25) is 0 Å². The van der Waals surface area contributed by atoms with E-state index in [1.165, 1.54) is 21.8 Å². The van der Waals surface area contributed by atoms with Crippen molar-refractivity contribution in [1.82, 2.24) is 4.57 Å². The first kappa shape index (κ1) is 14.8. The second-order valence-corrected chi connectivity index (χ2v) is 6.38. The highest BCUT2D eigenvalue weighted by molar-refractivity contribution is 6.10. The zero-order valence-corrected chi connectivity index (χ0v) is 14.2. The van der Waals surface area contributed by atoms with Crippen LogP contribution < -0.4 is 4.74 Å². The van der Waals surface area contributed by atoms with Crippen molar-refractivity contribution in [3.63, 3.8) is 0 Å². The summed E-state index contributed by atoms with van der Waals surface area (Å²) in [5.74, 6) is 0.825. The summed E-state index contributed by atoms with van der Waals surface area (Å²) in [7, 11) is 0. The lowest BCUT2D eigenvalue weighted by molar-refractivity contribution is 0.479. The molecule has 4 aromatic rings. The maximum atomic E-state index is 5.86. The summed E-state index contributed by atoms with van der Waals surface area (Å²) in [6.45, 7) is 4.27. The van der Waals surface area contributed by atoms with Crippen molar-refractivity contribution in [3.05, 3.63) is 103 Å². The van der Waals surface area contributed by atoms with Crippen molar-refractivity contribution >= 4 is 33.1 Å². The van der Waals surface area contributed by atoms with Crippen LogP contribution in [0.25, 0.3) is 33.1 Å². The molecule has 1 aromatic heterocycles. The summed E-state index contributed by atoms with van der Waals surface area (Å²) in [6.07, 6.45) is 5.87. The molecule has 0 saturated carbocycles. The van der Waals surface area contributed by atoms with Gasteiger partial charge in [-0.05, 0) is 35.9 Å². The van der Waals surface area contributed by atoms with Crippen molar-refractivity contribution in [3.8, 4) is 5.75 Å². The van der Waals surface area contributed by atoms with E-state index in [0.717, 1.165) is 22.6 Å². The van der Waals surface area contributed by atoms with E-state index in [1.807, 2.05) is 30.3 Å². The Morgan fingerprint density at radius 2 is 1.35 bits per heavy atom. The number of hydrogen-bond donors (Lipinski definition) is 0. The quantitative estimate of drug-likeness (QED) is 0.401. The van der Waals surface area contributed by atoms with E-state index in [-0.39, 0.29) is 0 Å². The third-order valence-corrected chi connectivity index (χ3v) is 4.83. The first-order valence-corrected chi connectivity index (χ1v) is 8.65. The van der Waals surface area contributed by atoms with Crippen molar-refractivity contribution in [1.29, 1.82) is 0 Å². The highest BCUT2D eigenvalue weighted by atomic mass is 16.5. The molecule has 5 rings (SSSR count). The molecule has 0 atom stereocenters. The minimum atomic E-state index is 0.825. The highest BCUT2D eigenvalue weighted by Gasteiger charge is 2.14. The molecule has 0 N–H and O–H groups in total. The molecule has 1 aliphatic heterocycles. The first-order valence-electron chi connectivity index (χ1n) is 8.65. The zero-order valence-electron chi connectivity index (χ0n) is 14.2. The van der Waals surface area contributed by atoms with E-state index in [1.54, 1.807) is 6.26 Å². The summed E-state index contributed by atoms with van der Waals surface area (Å²) < 4.78 is 8.12. The average molecular weight is 335 g/mol. The minimum Gasteiger partial charge on any atom is -0.464 e. The molecule has 0 bridgehead atoms. The summed E-state index contributed by atoms with van der Waals surface area (Å²) in [5, 5.41) is 2.48. The Hall–Kier alpha value is -3.52. The number of nitrogens with zero attached hydrogens (tertiary/aromatic N) is 1. The lowest BCUT2D eigenvalue weighted by Gasteiger charge is -2.15. The standard InChI is InChI=1S/C24H17NO/c1-17-16-18(14-15-26-24-13-7-4-8-19(17)24)25-22-11-5-2-9-20(22)21-10-3-6-12-23(21)25/h2-16H,1H2/b15-14-,18-16+. The highest BCUT2D eigenvalue weighted by Crippen LogP contribution is 2.35. The van der Waals surface area contributed by atoms with Gasteiger partial charge < -0.3 is 9.30 Å². The SMILES string of the molecule is C=C1/C=C(n2c3ccccc3c3ccccc32)\C=C/Oc2ccccc21. The molecule has 0 aliphatic carbocycles. The lowest BCUT2D eigenvalue weighted by Crippen LogP contribution is -1.99. The fourth-order valence-electron chi connectivity index (χ4n) is 3.66. The fraction of sp³-hybridized carbons (Fsp3) is 0. The number of hydrogen-bond acceptors (Lipinski definition) is 1. The van der Waals surface area contributed by atoms with Gasteiger partial charge in [0.25, 0.3) is 0 Å². The van der Waals surface area contributed by atoms with Gasteiger partial charge in [-0.2, -0.15) is 0 Å². The van der Waals surface area contributed by atoms with Gasteiger partial charge in [0, 0.05) is 22.0 Å². The normalized spacial score (nSPS) is 17.1. The second-order valence-electron chi connectivity index (χ2n) is 6.38. The number of fused-ring (bicyclic) bond motifs is 4. The van der Waals surface area contributed by atoms with Gasteiger partial charge in [-0.25, -0.2) is 0 Å². The van der Waals surface area contributed by atoms with Gasteiger partial charge in [-0.15, -0.1) is 0 Å². The zero-order chi connectivity index (χ0) is 17.5. The van der Waals surface area contributed by atoms with E-state index < -0.39 is 0 Å². The van der Waals surface area contributed by atoms with Gasteiger partial charge >= 0.3 is 0 Å². The molecule has 3 aromatic carbocycles. The van der Waals surface area contributed by atoms with Gasteiger partial charge in [0.15, 0.2) is 0 Å². The Balaban J connectivity index is 1.80. The Morgan fingerprint density at radius 1 is 0.731 bits per heavy atom. The molecule has 124 valence electrons. The van der Waals surface area contributed by atoms with Crippen LogP contribution in [-0.2, 0) is 0 Å². The monoisotopic (exact) mass is 335 g/mol. The maximum Gasteiger partial charge on any atom is 0.134 e. The molecule has 0 amide bonds. The van der Waals surface area contributed by atoms with Crippen LogP contribution >= 0.6 is 0 Å². The molecule has 0 spiro atoms. The van der Waals surface area contributed by atoms with Gasteiger partial charge in [0.1, 0.15) is 5.75 Å². The van der Waals surface area contributed by atoms with Gasteiger partial charge in [0.2, 0.25) is 0 Å². The van der Waals surface area contributed by atoms with Crippen LogP contribution in [0.1, 0.15) is 5.56 Å². The van der Waals surface area contributed by atoms with Crippen LogP contribution in [0, 0.1) is 0 Å². The third-order valence-electron chi connectivity index (χ3n) is 4.83. The van der Waals surface area contributed by atoms with E-state index in [4.69, 9.17) is 4.74 Å². The van der Waals surface area contributed by atoms with Crippen LogP contribution in [-0.4, -0.2) is 4.57 Å². The third kappa shape index (κ3) is 2.20. The van der Waals surface area contributed by atoms with Crippen LogP contribution in [0.15, 0.2) is 97.8 Å². The fourth-order valence-corrected chi connectivity index (χ4v) is 3.66. The molecule has 2 nitrogen and oxygen atoms in total. The van der Waals surface area contributed by atoms with Gasteiger partial charge in [-0.1, -0.05) is 61.2 Å². The Labute approximate surface area is 151 Å². The Kier molecular flexibility index (Phi) is 3.29. The van der Waals surface area contributed by atoms with Crippen LogP contribution in [0.3, 0.4) is 0 Å². The molecular formula is C24H17NO. The molecule has 0 saturated heterocycles. The predicted molar refractivity (Wildman–Crippen MR) is 109 cm³/mol. The molecule has 0 fully saturated rings. The van der Waals surface area contributed by atoms with E-state index in [0.29, 0.717) is 0 Å². The van der Waals surface area contributed by atoms with Crippen LogP contribution in [0.4, 0.5) is 0 Å². The summed E-state index contributed by atoms with van der Waals surface area (Å²) in [5.41, 5.74) is 5.32. The molecule has 2 heteroatoms. The Morgan fingerprint density at radius 3 is 2.08 bits per heavy atom. The predicted octanol–water partition coefficient (Wildman–Crippen LogP) is 6.25. The van der Waals surface area contributed by atoms with Crippen molar-refractivity contribution in [2.75, 3.05) is 0 Å². The topological polar surface area (TPSA) is 14.2 Å². The van der Waals surface area contributed by atoms with Crippen molar-refractivity contribution in [2.45, 2.75) is 0 Å². The first-order chi connectivity index (χ1) is 12.8. The van der Waals surface area contributed by atoms with E-state index in [2.05, 4.69) is 65.8 Å². The van der Waals surface area contributed by atoms with E-state index in [9.17, 15) is 0 Å². The molecule has 0 radical (unpaired) electrons. The lowest BCUT2D eigenvalue weighted by atomic mass is 10.0. The average Bonchev–Trinajstić information content (AvgIpc) is 3.00. The maximum absolute atomic E-state index is 5.86.